The number of hydrogen-bond donors (Lipinski definition) is 2. The summed E-state index contributed by atoms with van der Waals surface area (Å²) in [7, 11) is 0. The molecular formula is C11H14N2O4. The average molecular weight is 238 g/mol. The summed E-state index contributed by atoms with van der Waals surface area (Å²) in [4.78, 5) is 3.92. The fourth-order valence-corrected chi connectivity index (χ4v) is 1.39. The van der Waals surface area contributed by atoms with Crippen LogP contribution in [0.2, 0.25) is 0 Å². The molecule has 6 nitrogen and oxygen atoms in total. The number of hydrogen-bond acceptors (Lipinski definition) is 5. The van der Waals surface area contributed by atoms with E-state index in [0.29, 0.717) is 20.0 Å². The Labute approximate surface area is 98.8 Å². The maximum absolute atomic E-state index is 8.34. The molecule has 1 unspecified atom stereocenters. The molecular weight excluding hydrogens is 224 g/mol. The van der Waals surface area contributed by atoms with Gasteiger partial charge in [-0.15, -0.1) is 0 Å². The van der Waals surface area contributed by atoms with Crippen molar-refractivity contribution in [3.05, 3.63) is 24.3 Å². The van der Waals surface area contributed by atoms with Crippen molar-refractivity contribution >= 4 is 12.0 Å². The number of ether oxygens (including phenoxy) is 3. The Bertz CT molecular complexity index is 360. The van der Waals surface area contributed by atoms with Crippen molar-refractivity contribution in [3.63, 3.8) is 0 Å². The van der Waals surface area contributed by atoms with Crippen molar-refractivity contribution in [1.82, 2.24) is 5.48 Å². The fraction of sp³-hybridized carbons (Fsp3) is 0.364. The van der Waals surface area contributed by atoms with E-state index < -0.39 is 0 Å². The van der Waals surface area contributed by atoms with Gasteiger partial charge in [0.1, 0.15) is 31.6 Å². The van der Waals surface area contributed by atoms with Crippen molar-refractivity contribution in [2.24, 2.45) is 4.99 Å². The summed E-state index contributed by atoms with van der Waals surface area (Å²) in [5.41, 5.74) is 2.56. The molecule has 1 atom stereocenters. The Morgan fingerprint density at radius 3 is 2.94 bits per heavy atom. The van der Waals surface area contributed by atoms with Gasteiger partial charge in [0.05, 0.1) is 12.3 Å². The lowest BCUT2D eigenvalue weighted by molar-refractivity contribution is 0.0320. The molecule has 1 aromatic rings. The van der Waals surface area contributed by atoms with Crippen LogP contribution in [0, 0.1) is 0 Å². The predicted octanol–water partition coefficient (Wildman–Crippen LogP) is 1.08. The Morgan fingerprint density at radius 1 is 1.47 bits per heavy atom. The standard InChI is InChI=1S/C11H14N2O4/c14-13-7-12-9-1-3-10(4-2-9)16-6-11-5-15-8-17-11/h1-4,7,11,14H,5-6,8H2,(H,12,13). The minimum atomic E-state index is 0.00582. The molecule has 1 aromatic carbocycles. The van der Waals surface area contributed by atoms with E-state index in [1.165, 1.54) is 6.34 Å². The molecule has 2 N–H and O–H groups in total. The van der Waals surface area contributed by atoms with Gasteiger partial charge >= 0.3 is 0 Å². The van der Waals surface area contributed by atoms with E-state index in [4.69, 9.17) is 19.4 Å². The van der Waals surface area contributed by atoms with Crippen molar-refractivity contribution < 1.29 is 19.4 Å². The van der Waals surface area contributed by atoms with Crippen molar-refractivity contribution in [1.29, 1.82) is 0 Å². The number of rotatable bonds is 5. The van der Waals surface area contributed by atoms with Crippen LogP contribution >= 0.6 is 0 Å². The Morgan fingerprint density at radius 2 is 2.29 bits per heavy atom. The predicted molar refractivity (Wildman–Crippen MR) is 60.7 cm³/mol. The van der Waals surface area contributed by atoms with Crippen LogP contribution in [0.25, 0.3) is 0 Å². The molecule has 1 fully saturated rings. The number of benzene rings is 1. The lowest BCUT2D eigenvalue weighted by atomic mass is 10.3. The van der Waals surface area contributed by atoms with Crippen LogP contribution in [0.15, 0.2) is 29.3 Å². The SMILES string of the molecule is ONC=Nc1ccc(OCC2COCO2)cc1. The average Bonchev–Trinajstić information content (AvgIpc) is 2.88. The molecule has 6 heteroatoms. The molecule has 0 spiro atoms. The largest absolute Gasteiger partial charge is 0.491 e. The van der Waals surface area contributed by atoms with E-state index in [0.717, 1.165) is 11.4 Å². The smallest absolute Gasteiger partial charge is 0.147 e. The number of aliphatic imine (C=N–C) groups is 1. The lowest BCUT2D eigenvalue weighted by Crippen LogP contribution is -2.19. The fourth-order valence-electron chi connectivity index (χ4n) is 1.39. The molecule has 17 heavy (non-hydrogen) atoms. The quantitative estimate of drug-likeness (QED) is 0.456. The molecule has 0 bridgehead atoms. The van der Waals surface area contributed by atoms with E-state index in [-0.39, 0.29) is 6.10 Å². The normalized spacial score (nSPS) is 19.7. The topological polar surface area (TPSA) is 72.3 Å². The minimum absolute atomic E-state index is 0.00582. The third-order valence-corrected chi connectivity index (χ3v) is 2.23. The van der Waals surface area contributed by atoms with Gasteiger partial charge in [0.2, 0.25) is 0 Å². The zero-order valence-electron chi connectivity index (χ0n) is 9.20. The zero-order chi connectivity index (χ0) is 11.9. The van der Waals surface area contributed by atoms with Crippen LogP contribution in [-0.4, -0.2) is 37.7 Å². The molecule has 0 radical (unpaired) electrons. The first kappa shape index (κ1) is 11.8. The van der Waals surface area contributed by atoms with Gasteiger partial charge in [0.15, 0.2) is 0 Å². The number of hydroxylamine groups is 1. The first-order valence-corrected chi connectivity index (χ1v) is 5.23. The van der Waals surface area contributed by atoms with Gasteiger partial charge in [0.25, 0.3) is 0 Å². The van der Waals surface area contributed by atoms with Gasteiger partial charge in [-0.3, -0.25) is 10.7 Å². The van der Waals surface area contributed by atoms with Gasteiger partial charge in [0, 0.05) is 0 Å². The summed E-state index contributed by atoms with van der Waals surface area (Å²) < 4.78 is 15.8. The van der Waals surface area contributed by atoms with Gasteiger partial charge in [-0.05, 0) is 24.3 Å². The van der Waals surface area contributed by atoms with Crippen LogP contribution in [0.4, 0.5) is 5.69 Å². The monoisotopic (exact) mass is 238 g/mol. The van der Waals surface area contributed by atoms with Crippen molar-refractivity contribution in [3.8, 4) is 5.75 Å². The van der Waals surface area contributed by atoms with Crippen LogP contribution in [0.5, 0.6) is 5.75 Å². The van der Waals surface area contributed by atoms with Crippen LogP contribution in [0.1, 0.15) is 0 Å². The highest BCUT2D eigenvalue weighted by Gasteiger charge is 2.16. The summed E-state index contributed by atoms with van der Waals surface area (Å²) in [6, 6.07) is 7.18. The van der Waals surface area contributed by atoms with Crippen LogP contribution in [0.3, 0.4) is 0 Å². The van der Waals surface area contributed by atoms with E-state index in [9.17, 15) is 0 Å². The molecule has 0 amide bonds. The Hall–Kier alpha value is -1.63. The summed E-state index contributed by atoms with van der Waals surface area (Å²) in [5, 5.41) is 8.34. The molecule has 1 saturated heterocycles. The summed E-state index contributed by atoms with van der Waals surface area (Å²) in [5.74, 6) is 0.747. The first-order chi connectivity index (χ1) is 8.38. The van der Waals surface area contributed by atoms with Gasteiger partial charge in [-0.1, -0.05) is 0 Å². The summed E-state index contributed by atoms with van der Waals surface area (Å²) >= 11 is 0. The summed E-state index contributed by atoms with van der Waals surface area (Å²) in [6.45, 7) is 1.39. The maximum atomic E-state index is 8.34. The molecule has 1 aliphatic rings. The molecule has 0 aliphatic carbocycles. The lowest BCUT2D eigenvalue weighted by Gasteiger charge is -2.09. The minimum Gasteiger partial charge on any atom is -0.491 e. The Balaban J connectivity index is 1.82. The molecule has 1 heterocycles. The third-order valence-electron chi connectivity index (χ3n) is 2.23. The summed E-state index contributed by atoms with van der Waals surface area (Å²) in [6.07, 6.45) is 1.20. The van der Waals surface area contributed by atoms with Gasteiger partial charge in [-0.2, -0.15) is 0 Å². The molecule has 2 rings (SSSR count). The van der Waals surface area contributed by atoms with E-state index in [1.54, 1.807) is 24.3 Å². The molecule has 0 aromatic heterocycles. The van der Waals surface area contributed by atoms with E-state index >= 15 is 0 Å². The van der Waals surface area contributed by atoms with Crippen molar-refractivity contribution in [2.75, 3.05) is 20.0 Å². The number of nitrogens with zero attached hydrogens (tertiary/aromatic N) is 1. The maximum Gasteiger partial charge on any atom is 0.147 e. The highest BCUT2D eigenvalue weighted by molar-refractivity contribution is 5.59. The molecule has 1 aliphatic heterocycles. The first-order valence-electron chi connectivity index (χ1n) is 5.23. The van der Waals surface area contributed by atoms with Crippen LogP contribution < -0.4 is 10.2 Å². The second-order valence-corrected chi connectivity index (χ2v) is 3.47. The second-order valence-electron chi connectivity index (χ2n) is 3.47. The second kappa shape index (κ2) is 6.19. The highest BCUT2D eigenvalue weighted by atomic mass is 16.7. The van der Waals surface area contributed by atoms with Crippen molar-refractivity contribution in [2.45, 2.75) is 6.10 Å². The van der Waals surface area contributed by atoms with Gasteiger partial charge < -0.3 is 14.2 Å². The van der Waals surface area contributed by atoms with E-state index in [2.05, 4.69) is 4.99 Å². The van der Waals surface area contributed by atoms with Gasteiger partial charge in [-0.25, -0.2) is 4.99 Å². The van der Waals surface area contributed by atoms with Crippen LogP contribution in [-0.2, 0) is 9.47 Å². The Kier molecular flexibility index (Phi) is 4.31. The third kappa shape index (κ3) is 3.70. The van der Waals surface area contributed by atoms with E-state index in [1.807, 2.05) is 5.48 Å². The highest BCUT2D eigenvalue weighted by Crippen LogP contribution is 2.18. The zero-order valence-corrected chi connectivity index (χ0v) is 9.20. The molecule has 0 saturated carbocycles. The number of nitrogens with one attached hydrogen (secondary N) is 1. The molecule has 92 valence electrons.